The molecule has 2 heterocycles. The normalized spacial score (nSPS) is 15.0. The van der Waals surface area contributed by atoms with E-state index in [9.17, 15) is 0 Å². The van der Waals surface area contributed by atoms with E-state index in [1.165, 1.54) is 10.8 Å². The lowest BCUT2D eigenvalue weighted by molar-refractivity contribution is 0.311. The van der Waals surface area contributed by atoms with Gasteiger partial charge in [-0.1, -0.05) is 36.4 Å². The average Bonchev–Trinajstić information content (AvgIpc) is 2.86. The molecule has 1 saturated heterocycles. The Hall–Kier alpha value is -3.32. The molecule has 1 aromatic heterocycles. The highest BCUT2D eigenvalue weighted by Gasteiger charge is 2.14. The summed E-state index contributed by atoms with van der Waals surface area (Å²) in [5.41, 5.74) is 1.13. The van der Waals surface area contributed by atoms with Gasteiger partial charge in [0.1, 0.15) is 11.6 Å². The van der Waals surface area contributed by atoms with Crippen LogP contribution in [0.3, 0.4) is 0 Å². The molecule has 0 atom stereocenters. The molecule has 3 aromatic rings. The number of rotatable bonds is 8. The highest BCUT2D eigenvalue weighted by atomic mass is 16.5. The van der Waals surface area contributed by atoms with Crippen molar-refractivity contribution >= 4 is 22.5 Å². The molecule has 7 nitrogen and oxygen atoms in total. The molecule has 0 saturated carbocycles. The van der Waals surface area contributed by atoms with Gasteiger partial charge in [0.25, 0.3) is 0 Å². The van der Waals surface area contributed by atoms with Gasteiger partial charge in [0.05, 0.1) is 6.61 Å². The third kappa shape index (κ3) is 6.58. The number of fused-ring (bicyclic) bond motifs is 1. The first kappa shape index (κ1) is 22.9. The average molecular weight is 447 g/mol. The van der Waals surface area contributed by atoms with E-state index in [1.807, 2.05) is 18.3 Å². The lowest BCUT2D eigenvalue weighted by atomic mass is 10.1. The van der Waals surface area contributed by atoms with Crippen LogP contribution in [0.2, 0.25) is 0 Å². The predicted octanol–water partition coefficient (Wildman–Crippen LogP) is 3.12. The number of likely N-dealkylation sites (N-methyl/N-ethyl adjacent to an activating group) is 1. The number of aliphatic imine (C=N–C) groups is 1. The Bertz CT molecular complexity index is 1040. The number of ether oxygens (including phenoxy) is 1. The Morgan fingerprint density at radius 1 is 1.00 bits per heavy atom. The number of anilines is 1. The number of hydrogen-bond donors (Lipinski definition) is 2. The van der Waals surface area contributed by atoms with E-state index >= 15 is 0 Å². The number of hydrogen-bond acceptors (Lipinski definition) is 5. The van der Waals surface area contributed by atoms with E-state index in [1.54, 1.807) is 7.05 Å². The fourth-order valence-corrected chi connectivity index (χ4v) is 3.88. The predicted molar refractivity (Wildman–Crippen MR) is 136 cm³/mol. The first-order valence-electron chi connectivity index (χ1n) is 11.7. The topological polar surface area (TPSA) is 65.0 Å². The SMILES string of the molecule is CN=C(NCCCOc1ccc2ccccc2c1)NCc1ccc(N2CCN(C)CC2)nc1. The minimum atomic E-state index is 0.653. The lowest BCUT2D eigenvalue weighted by Gasteiger charge is -2.33. The second-order valence-electron chi connectivity index (χ2n) is 8.38. The summed E-state index contributed by atoms with van der Waals surface area (Å²) < 4.78 is 5.91. The fourth-order valence-electron chi connectivity index (χ4n) is 3.88. The van der Waals surface area contributed by atoms with E-state index < -0.39 is 0 Å². The Labute approximate surface area is 196 Å². The van der Waals surface area contributed by atoms with Gasteiger partial charge in [0, 0.05) is 52.5 Å². The van der Waals surface area contributed by atoms with Crippen molar-refractivity contribution in [2.24, 2.45) is 4.99 Å². The Kier molecular flexibility index (Phi) is 7.98. The van der Waals surface area contributed by atoms with Crippen LogP contribution < -0.4 is 20.3 Å². The number of pyridine rings is 1. The van der Waals surface area contributed by atoms with E-state index in [0.29, 0.717) is 13.2 Å². The number of guanidine groups is 1. The first-order valence-corrected chi connectivity index (χ1v) is 11.7. The quantitative estimate of drug-likeness (QED) is 0.315. The summed E-state index contributed by atoms with van der Waals surface area (Å²) in [6.07, 6.45) is 2.83. The molecule has 0 amide bonds. The van der Waals surface area contributed by atoms with E-state index in [-0.39, 0.29) is 0 Å². The molecule has 174 valence electrons. The van der Waals surface area contributed by atoms with Crippen LogP contribution in [0.5, 0.6) is 5.75 Å². The molecule has 2 aromatic carbocycles. The van der Waals surface area contributed by atoms with Gasteiger partial charge in [-0.15, -0.1) is 0 Å². The second-order valence-corrected chi connectivity index (χ2v) is 8.38. The Morgan fingerprint density at radius 2 is 1.82 bits per heavy atom. The largest absolute Gasteiger partial charge is 0.494 e. The van der Waals surface area contributed by atoms with Crippen molar-refractivity contribution in [1.82, 2.24) is 20.5 Å². The summed E-state index contributed by atoms with van der Waals surface area (Å²) in [5.74, 6) is 2.74. The number of nitrogens with one attached hydrogen (secondary N) is 2. The maximum absolute atomic E-state index is 5.91. The monoisotopic (exact) mass is 446 g/mol. The van der Waals surface area contributed by atoms with E-state index in [4.69, 9.17) is 4.74 Å². The van der Waals surface area contributed by atoms with Gasteiger partial charge in [0.15, 0.2) is 5.96 Å². The van der Waals surface area contributed by atoms with E-state index in [2.05, 4.69) is 79.9 Å². The van der Waals surface area contributed by atoms with Gasteiger partial charge >= 0.3 is 0 Å². The van der Waals surface area contributed by atoms with Gasteiger partial charge in [-0.2, -0.15) is 0 Å². The smallest absolute Gasteiger partial charge is 0.191 e. The van der Waals surface area contributed by atoms with Gasteiger partial charge < -0.3 is 25.2 Å². The van der Waals surface area contributed by atoms with Gasteiger partial charge in [-0.3, -0.25) is 4.99 Å². The molecular formula is C26H34N6O. The standard InChI is InChI=1S/C26H34N6O/c1-27-26(28-12-5-17-33-24-10-9-22-6-3-4-7-23(22)18-24)30-20-21-8-11-25(29-19-21)32-15-13-31(2)14-16-32/h3-4,6-11,18-19H,5,12-17,20H2,1-2H3,(H2,27,28,30). The van der Waals surface area contributed by atoms with Crippen LogP contribution in [0.15, 0.2) is 65.8 Å². The highest BCUT2D eigenvalue weighted by molar-refractivity contribution is 5.83. The van der Waals surface area contributed by atoms with Gasteiger partial charge in [-0.05, 0) is 48.0 Å². The summed E-state index contributed by atoms with van der Waals surface area (Å²) in [7, 11) is 3.95. The Morgan fingerprint density at radius 3 is 2.58 bits per heavy atom. The molecule has 0 spiro atoms. The minimum absolute atomic E-state index is 0.653. The lowest BCUT2D eigenvalue weighted by Crippen LogP contribution is -2.44. The summed E-state index contributed by atoms with van der Waals surface area (Å²) in [4.78, 5) is 13.7. The van der Waals surface area contributed by atoms with Crippen LogP contribution in [-0.4, -0.2) is 69.3 Å². The van der Waals surface area contributed by atoms with Crippen LogP contribution in [-0.2, 0) is 6.54 Å². The molecule has 1 aliphatic heterocycles. The molecule has 4 rings (SSSR count). The number of aromatic nitrogens is 1. The molecular weight excluding hydrogens is 412 g/mol. The van der Waals surface area contributed by atoms with Gasteiger partial charge in [-0.25, -0.2) is 4.98 Å². The van der Waals surface area contributed by atoms with Crippen molar-refractivity contribution in [1.29, 1.82) is 0 Å². The fraction of sp³-hybridized carbons (Fsp3) is 0.385. The molecule has 1 fully saturated rings. The van der Waals surface area contributed by atoms with Crippen LogP contribution in [0.25, 0.3) is 10.8 Å². The summed E-state index contributed by atoms with van der Waals surface area (Å²) >= 11 is 0. The van der Waals surface area contributed by atoms with Crippen LogP contribution in [0.4, 0.5) is 5.82 Å². The zero-order valence-electron chi connectivity index (χ0n) is 19.6. The third-order valence-electron chi connectivity index (χ3n) is 5.92. The van der Waals surface area contributed by atoms with Crippen molar-refractivity contribution in [3.63, 3.8) is 0 Å². The maximum atomic E-state index is 5.91. The van der Waals surface area contributed by atoms with Crippen molar-refractivity contribution in [2.75, 3.05) is 58.3 Å². The molecule has 0 unspecified atom stereocenters. The summed E-state index contributed by atoms with van der Waals surface area (Å²) in [5, 5.41) is 9.13. The van der Waals surface area contributed by atoms with Crippen LogP contribution in [0.1, 0.15) is 12.0 Å². The third-order valence-corrected chi connectivity index (χ3v) is 5.92. The molecule has 1 aliphatic rings. The van der Waals surface area contributed by atoms with Gasteiger partial charge in [0.2, 0.25) is 0 Å². The molecule has 33 heavy (non-hydrogen) atoms. The number of nitrogens with zero attached hydrogens (tertiary/aromatic N) is 4. The number of benzene rings is 2. The van der Waals surface area contributed by atoms with Crippen LogP contribution in [0, 0.1) is 0 Å². The number of piperazine rings is 1. The Balaban J connectivity index is 1.15. The highest BCUT2D eigenvalue weighted by Crippen LogP contribution is 2.20. The van der Waals surface area contributed by atoms with E-state index in [0.717, 1.165) is 62.2 Å². The minimum Gasteiger partial charge on any atom is -0.494 e. The maximum Gasteiger partial charge on any atom is 0.191 e. The molecule has 0 radical (unpaired) electrons. The summed E-state index contributed by atoms with van der Waals surface area (Å²) in [6, 6.07) is 18.8. The second kappa shape index (κ2) is 11.5. The van der Waals surface area contributed by atoms with Crippen molar-refractivity contribution < 1.29 is 4.74 Å². The molecule has 7 heteroatoms. The van der Waals surface area contributed by atoms with Crippen molar-refractivity contribution in [3.8, 4) is 5.75 Å². The first-order chi connectivity index (χ1) is 16.2. The zero-order valence-corrected chi connectivity index (χ0v) is 19.6. The zero-order chi connectivity index (χ0) is 22.9. The molecule has 0 bridgehead atoms. The molecule has 2 N–H and O–H groups in total. The molecule has 0 aliphatic carbocycles. The van der Waals surface area contributed by atoms with Crippen LogP contribution >= 0.6 is 0 Å². The van der Waals surface area contributed by atoms with Crippen molar-refractivity contribution in [3.05, 3.63) is 66.4 Å². The summed E-state index contributed by atoms with van der Waals surface area (Å²) in [6.45, 7) is 6.35. The van der Waals surface area contributed by atoms with Crippen molar-refractivity contribution in [2.45, 2.75) is 13.0 Å².